The molecular formula is C22H26O7. The van der Waals surface area contributed by atoms with Crippen molar-refractivity contribution in [3.05, 3.63) is 41.0 Å². The van der Waals surface area contributed by atoms with Gasteiger partial charge in [0.15, 0.2) is 17.3 Å². The predicted octanol–water partition coefficient (Wildman–Crippen LogP) is 4.02. The lowest BCUT2D eigenvalue weighted by Crippen LogP contribution is -2.04. The van der Waals surface area contributed by atoms with Crippen LogP contribution in [0, 0.1) is 0 Å². The van der Waals surface area contributed by atoms with Crippen molar-refractivity contribution in [2.45, 2.75) is 6.92 Å². The zero-order valence-corrected chi connectivity index (χ0v) is 17.7. The first-order valence-electron chi connectivity index (χ1n) is 8.77. The van der Waals surface area contributed by atoms with Gasteiger partial charge in [-0.1, -0.05) is 0 Å². The molecule has 0 aliphatic carbocycles. The SMILES string of the molecule is COc1cc(OC)c(/C=C(\C)C(=O)c2cc(OC)c(OC)c(OC)c2)c(OC)c1. The molecule has 0 bridgehead atoms. The molecule has 0 aliphatic rings. The summed E-state index contributed by atoms with van der Waals surface area (Å²) in [6.07, 6.45) is 1.71. The van der Waals surface area contributed by atoms with Gasteiger partial charge in [0, 0.05) is 17.7 Å². The Kier molecular flexibility index (Phi) is 7.36. The normalized spacial score (nSPS) is 10.9. The summed E-state index contributed by atoms with van der Waals surface area (Å²) in [6.45, 7) is 1.72. The van der Waals surface area contributed by atoms with Crippen LogP contribution in [0.1, 0.15) is 22.8 Å². The van der Waals surface area contributed by atoms with Gasteiger partial charge in [0.25, 0.3) is 0 Å². The van der Waals surface area contributed by atoms with E-state index < -0.39 is 0 Å². The molecule has 0 fully saturated rings. The van der Waals surface area contributed by atoms with Crippen LogP contribution in [0.25, 0.3) is 6.08 Å². The number of hydrogen-bond acceptors (Lipinski definition) is 7. The summed E-state index contributed by atoms with van der Waals surface area (Å²) in [5.74, 6) is 2.67. The summed E-state index contributed by atoms with van der Waals surface area (Å²) in [6, 6.07) is 6.68. The molecule has 0 atom stereocenters. The maximum absolute atomic E-state index is 13.1. The molecule has 0 radical (unpaired) electrons. The second-order valence-corrected chi connectivity index (χ2v) is 6.02. The lowest BCUT2D eigenvalue weighted by Gasteiger charge is -2.15. The van der Waals surface area contributed by atoms with Crippen LogP contribution in [-0.2, 0) is 0 Å². The van der Waals surface area contributed by atoms with E-state index in [0.29, 0.717) is 51.2 Å². The Labute approximate surface area is 170 Å². The minimum absolute atomic E-state index is 0.204. The molecule has 2 aromatic carbocycles. The average molecular weight is 402 g/mol. The fourth-order valence-electron chi connectivity index (χ4n) is 2.90. The van der Waals surface area contributed by atoms with Gasteiger partial charge in [0.1, 0.15) is 17.2 Å². The fraction of sp³-hybridized carbons (Fsp3) is 0.318. The van der Waals surface area contributed by atoms with Crippen LogP contribution >= 0.6 is 0 Å². The topological polar surface area (TPSA) is 72.5 Å². The minimum Gasteiger partial charge on any atom is -0.496 e. The third-order valence-corrected chi connectivity index (χ3v) is 4.40. The molecule has 0 saturated carbocycles. The highest BCUT2D eigenvalue weighted by Crippen LogP contribution is 2.39. The first-order valence-corrected chi connectivity index (χ1v) is 8.77. The third-order valence-electron chi connectivity index (χ3n) is 4.40. The number of hydrogen-bond donors (Lipinski definition) is 0. The number of methoxy groups -OCH3 is 6. The Morgan fingerprint density at radius 1 is 0.690 bits per heavy atom. The van der Waals surface area contributed by atoms with E-state index in [4.69, 9.17) is 28.4 Å². The molecule has 156 valence electrons. The van der Waals surface area contributed by atoms with Crippen molar-refractivity contribution in [3.63, 3.8) is 0 Å². The largest absolute Gasteiger partial charge is 0.496 e. The number of carbonyl (C=O) groups is 1. The minimum atomic E-state index is -0.204. The Hall–Kier alpha value is -3.35. The van der Waals surface area contributed by atoms with Gasteiger partial charge in [0.05, 0.1) is 48.2 Å². The number of ketones is 1. The van der Waals surface area contributed by atoms with Crippen molar-refractivity contribution in [3.8, 4) is 34.5 Å². The van der Waals surface area contributed by atoms with Crippen LogP contribution in [0.15, 0.2) is 29.8 Å². The lowest BCUT2D eigenvalue weighted by atomic mass is 10.0. The fourth-order valence-corrected chi connectivity index (χ4v) is 2.90. The Morgan fingerprint density at radius 2 is 1.17 bits per heavy atom. The van der Waals surface area contributed by atoms with Gasteiger partial charge in [-0.05, 0) is 30.7 Å². The van der Waals surface area contributed by atoms with Crippen molar-refractivity contribution in [1.82, 2.24) is 0 Å². The summed E-state index contributed by atoms with van der Waals surface area (Å²) in [4.78, 5) is 13.1. The van der Waals surface area contributed by atoms with Crippen molar-refractivity contribution < 1.29 is 33.2 Å². The maximum atomic E-state index is 13.1. The standard InChI is InChI=1S/C22H26O7/c1-13(8-16-17(25-3)11-15(24-2)12-18(16)26-4)21(23)14-9-19(27-5)22(29-7)20(10-14)28-6/h8-12H,1-7H3/b13-8+. The van der Waals surface area contributed by atoms with Gasteiger partial charge in [-0.2, -0.15) is 0 Å². The molecule has 0 amide bonds. The molecule has 0 heterocycles. The van der Waals surface area contributed by atoms with Gasteiger partial charge in [-0.3, -0.25) is 4.79 Å². The molecule has 2 aromatic rings. The van der Waals surface area contributed by atoms with E-state index in [-0.39, 0.29) is 5.78 Å². The van der Waals surface area contributed by atoms with Crippen molar-refractivity contribution in [1.29, 1.82) is 0 Å². The predicted molar refractivity (Wildman–Crippen MR) is 110 cm³/mol. The van der Waals surface area contributed by atoms with E-state index in [1.165, 1.54) is 21.3 Å². The molecule has 7 nitrogen and oxygen atoms in total. The second-order valence-electron chi connectivity index (χ2n) is 6.02. The van der Waals surface area contributed by atoms with Crippen molar-refractivity contribution in [2.24, 2.45) is 0 Å². The van der Waals surface area contributed by atoms with Crippen LogP contribution in [0.4, 0.5) is 0 Å². The average Bonchev–Trinajstić information content (AvgIpc) is 2.76. The highest BCUT2D eigenvalue weighted by atomic mass is 16.5. The molecule has 0 aromatic heterocycles. The van der Waals surface area contributed by atoms with E-state index in [1.54, 1.807) is 58.6 Å². The molecule has 0 spiro atoms. The van der Waals surface area contributed by atoms with Gasteiger partial charge in [0.2, 0.25) is 5.75 Å². The Morgan fingerprint density at radius 3 is 1.55 bits per heavy atom. The van der Waals surface area contributed by atoms with Gasteiger partial charge >= 0.3 is 0 Å². The lowest BCUT2D eigenvalue weighted by molar-refractivity contribution is 0.103. The van der Waals surface area contributed by atoms with E-state index in [0.717, 1.165) is 0 Å². The highest BCUT2D eigenvalue weighted by Gasteiger charge is 2.19. The van der Waals surface area contributed by atoms with Gasteiger partial charge in [-0.15, -0.1) is 0 Å². The number of rotatable bonds is 9. The number of allylic oxidation sites excluding steroid dienone is 1. The van der Waals surface area contributed by atoms with Crippen LogP contribution in [0.5, 0.6) is 34.5 Å². The van der Waals surface area contributed by atoms with Crippen molar-refractivity contribution >= 4 is 11.9 Å². The number of ether oxygens (including phenoxy) is 6. The summed E-state index contributed by atoms with van der Waals surface area (Å²) in [7, 11) is 9.16. The highest BCUT2D eigenvalue weighted by molar-refractivity contribution is 6.11. The monoisotopic (exact) mass is 402 g/mol. The molecule has 0 saturated heterocycles. The van der Waals surface area contributed by atoms with Gasteiger partial charge in [-0.25, -0.2) is 0 Å². The second kappa shape index (κ2) is 9.73. The summed E-state index contributed by atoms with van der Waals surface area (Å²) >= 11 is 0. The maximum Gasteiger partial charge on any atom is 0.203 e. The molecule has 0 N–H and O–H groups in total. The Balaban J connectivity index is 2.54. The molecule has 7 heteroatoms. The van der Waals surface area contributed by atoms with Crippen molar-refractivity contribution in [2.75, 3.05) is 42.7 Å². The van der Waals surface area contributed by atoms with Crippen LogP contribution < -0.4 is 28.4 Å². The third kappa shape index (κ3) is 4.56. The number of benzene rings is 2. The van der Waals surface area contributed by atoms with Gasteiger partial charge < -0.3 is 28.4 Å². The smallest absolute Gasteiger partial charge is 0.203 e. The van der Waals surface area contributed by atoms with Crippen LogP contribution in [0.3, 0.4) is 0 Å². The molecule has 2 rings (SSSR count). The zero-order chi connectivity index (χ0) is 21.6. The number of Topliss-reactive ketones (excluding diaryl/α,β-unsaturated/α-hetero) is 1. The van der Waals surface area contributed by atoms with Crippen LogP contribution in [0.2, 0.25) is 0 Å². The van der Waals surface area contributed by atoms with Crippen LogP contribution in [-0.4, -0.2) is 48.4 Å². The first kappa shape index (κ1) is 21.9. The summed E-state index contributed by atoms with van der Waals surface area (Å²) < 4.78 is 32.1. The molecule has 29 heavy (non-hydrogen) atoms. The molecule has 0 aliphatic heterocycles. The van der Waals surface area contributed by atoms with E-state index in [2.05, 4.69) is 0 Å². The summed E-state index contributed by atoms with van der Waals surface area (Å²) in [5.41, 5.74) is 1.51. The molecule has 0 unspecified atom stereocenters. The number of carbonyl (C=O) groups excluding carboxylic acids is 1. The molecular weight excluding hydrogens is 376 g/mol. The Bertz CT molecular complexity index is 865. The van der Waals surface area contributed by atoms with E-state index >= 15 is 0 Å². The first-order chi connectivity index (χ1) is 13.9. The van der Waals surface area contributed by atoms with E-state index in [1.807, 2.05) is 0 Å². The summed E-state index contributed by atoms with van der Waals surface area (Å²) in [5, 5.41) is 0. The quantitative estimate of drug-likeness (QED) is 0.463. The van der Waals surface area contributed by atoms with E-state index in [9.17, 15) is 4.79 Å². The zero-order valence-electron chi connectivity index (χ0n) is 17.7.